The molecule has 28 heavy (non-hydrogen) atoms. The molecule has 0 spiro atoms. The molecule has 2 aromatic rings. The molecule has 3 rings (SSSR count). The van der Waals surface area contributed by atoms with E-state index in [9.17, 15) is 0 Å². The lowest BCUT2D eigenvalue weighted by atomic mass is 9.72. The number of hydrogen-bond acceptors (Lipinski definition) is 2. The topological polar surface area (TPSA) is 41.8 Å². The zero-order valence-corrected chi connectivity index (χ0v) is 18.9. The number of benzene rings is 1. The number of rotatable bonds is 5. The van der Waals surface area contributed by atoms with Gasteiger partial charge in [0.05, 0.1) is 6.54 Å². The van der Waals surface area contributed by atoms with Gasteiger partial charge in [0.1, 0.15) is 0 Å². The molecule has 0 amide bonds. The van der Waals surface area contributed by atoms with E-state index >= 15 is 0 Å². The van der Waals surface area contributed by atoms with Gasteiger partial charge >= 0.3 is 0 Å². The Hall–Kier alpha value is -1.79. The van der Waals surface area contributed by atoms with E-state index in [0.717, 1.165) is 49.6 Å². The molecular weight excluding hydrogens is 416 g/mol. The monoisotopic (exact) mass is 446 g/mol. The maximum Gasteiger partial charge on any atom is 0.193 e. The molecule has 1 aliphatic heterocycles. The Kier molecular flexibility index (Phi) is 6.83. The summed E-state index contributed by atoms with van der Waals surface area (Å²) in [5, 5.41) is 3.65. The van der Waals surface area contributed by atoms with Gasteiger partial charge in [0.2, 0.25) is 0 Å². The maximum absolute atomic E-state index is 5.69. The van der Waals surface area contributed by atoms with Crippen molar-refractivity contribution in [2.45, 2.75) is 31.7 Å². The molecule has 1 fully saturated rings. The number of hydrogen-bond donors (Lipinski definition) is 1. The number of nitrogens with one attached hydrogen (secondary N) is 1. The van der Waals surface area contributed by atoms with Crippen LogP contribution in [0.15, 0.2) is 46.0 Å². The number of aryl methyl sites for hydroxylation is 2. The fourth-order valence-corrected chi connectivity index (χ4v) is 4.72. The van der Waals surface area contributed by atoms with Crippen LogP contribution in [0.4, 0.5) is 0 Å². The van der Waals surface area contributed by atoms with Crippen LogP contribution in [0.3, 0.4) is 0 Å². The molecule has 5 nitrogen and oxygen atoms in total. The SMILES string of the molecule is CN=C(NCC1(c2ccccc2C)CCOCC1)N(C)Cc1cc(Br)cn1C. The quantitative estimate of drug-likeness (QED) is 0.559. The minimum absolute atomic E-state index is 0.0778. The van der Waals surface area contributed by atoms with E-state index in [1.807, 2.05) is 7.05 Å². The molecule has 1 aromatic carbocycles. The van der Waals surface area contributed by atoms with Crippen LogP contribution in [0.25, 0.3) is 0 Å². The van der Waals surface area contributed by atoms with Crippen LogP contribution in [0.2, 0.25) is 0 Å². The van der Waals surface area contributed by atoms with Crippen molar-refractivity contribution in [3.05, 3.63) is 57.8 Å². The molecule has 0 radical (unpaired) electrons. The van der Waals surface area contributed by atoms with Crippen LogP contribution in [0.1, 0.15) is 29.7 Å². The average Bonchev–Trinajstić information content (AvgIpc) is 3.00. The third-order valence-corrected chi connectivity index (χ3v) is 6.23. The Labute approximate surface area is 176 Å². The second-order valence-corrected chi connectivity index (χ2v) is 8.64. The summed E-state index contributed by atoms with van der Waals surface area (Å²) in [6, 6.07) is 10.9. The Balaban J connectivity index is 1.74. The second-order valence-electron chi connectivity index (χ2n) is 7.73. The van der Waals surface area contributed by atoms with Crippen LogP contribution < -0.4 is 5.32 Å². The van der Waals surface area contributed by atoms with E-state index in [4.69, 9.17) is 4.74 Å². The molecule has 1 aromatic heterocycles. The zero-order valence-electron chi connectivity index (χ0n) is 17.3. The molecule has 0 atom stereocenters. The van der Waals surface area contributed by atoms with Gasteiger partial charge in [-0.25, -0.2) is 0 Å². The van der Waals surface area contributed by atoms with Gasteiger partial charge in [-0.2, -0.15) is 0 Å². The van der Waals surface area contributed by atoms with E-state index in [-0.39, 0.29) is 5.41 Å². The highest BCUT2D eigenvalue weighted by Gasteiger charge is 2.35. The maximum atomic E-state index is 5.69. The molecule has 0 aliphatic carbocycles. The molecule has 1 N–H and O–H groups in total. The Morgan fingerprint density at radius 3 is 2.64 bits per heavy atom. The van der Waals surface area contributed by atoms with Gasteiger partial charge in [0.15, 0.2) is 5.96 Å². The second kappa shape index (κ2) is 9.14. The van der Waals surface area contributed by atoms with Gasteiger partial charge in [-0.1, -0.05) is 24.3 Å². The van der Waals surface area contributed by atoms with Crippen LogP contribution in [-0.2, 0) is 23.7 Å². The minimum Gasteiger partial charge on any atom is -0.381 e. The average molecular weight is 447 g/mol. The standard InChI is InChI=1S/C22H31BrN4O/c1-17-7-5-6-8-20(17)22(9-11-28-12-10-22)16-25-21(24-2)27(4)15-19-13-18(23)14-26(19)3/h5-8,13-14H,9-12,15-16H2,1-4H3,(H,24,25). The lowest BCUT2D eigenvalue weighted by Gasteiger charge is -2.39. The summed E-state index contributed by atoms with van der Waals surface area (Å²) in [5.41, 5.74) is 4.09. The van der Waals surface area contributed by atoms with Gasteiger partial charge in [-0.15, -0.1) is 0 Å². The minimum atomic E-state index is 0.0778. The lowest BCUT2D eigenvalue weighted by molar-refractivity contribution is 0.0510. The Bertz CT molecular complexity index is 824. The molecule has 1 saturated heterocycles. The van der Waals surface area contributed by atoms with E-state index < -0.39 is 0 Å². The third kappa shape index (κ3) is 4.61. The number of guanidine groups is 1. The molecular formula is C22H31BrN4O. The van der Waals surface area contributed by atoms with Crippen molar-refractivity contribution in [3.8, 4) is 0 Å². The molecule has 6 heteroatoms. The first-order valence-electron chi connectivity index (χ1n) is 9.81. The lowest BCUT2D eigenvalue weighted by Crippen LogP contribution is -2.48. The summed E-state index contributed by atoms with van der Waals surface area (Å²) < 4.78 is 8.92. The number of ether oxygens (including phenoxy) is 1. The molecule has 0 unspecified atom stereocenters. The van der Waals surface area contributed by atoms with Gasteiger partial charge in [0, 0.05) is 62.7 Å². The van der Waals surface area contributed by atoms with Gasteiger partial charge in [0.25, 0.3) is 0 Å². The highest BCUT2D eigenvalue weighted by Crippen LogP contribution is 2.36. The third-order valence-electron chi connectivity index (χ3n) is 5.80. The van der Waals surface area contributed by atoms with Gasteiger partial charge < -0.3 is 19.5 Å². The van der Waals surface area contributed by atoms with Crippen molar-refractivity contribution < 1.29 is 4.74 Å². The highest BCUT2D eigenvalue weighted by molar-refractivity contribution is 9.10. The van der Waals surface area contributed by atoms with E-state index in [1.54, 1.807) is 0 Å². The largest absolute Gasteiger partial charge is 0.381 e. The van der Waals surface area contributed by atoms with Crippen molar-refractivity contribution in [2.24, 2.45) is 12.0 Å². The predicted octanol–water partition coefficient (Wildman–Crippen LogP) is 3.85. The van der Waals surface area contributed by atoms with Crippen molar-refractivity contribution in [1.82, 2.24) is 14.8 Å². The van der Waals surface area contributed by atoms with Crippen LogP contribution in [-0.4, -0.2) is 49.3 Å². The summed E-state index contributed by atoms with van der Waals surface area (Å²) in [6.45, 7) is 5.47. The fourth-order valence-electron chi connectivity index (χ4n) is 4.15. The summed E-state index contributed by atoms with van der Waals surface area (Å²) >= 11 is 3.55. The number of aliphatic imine (C=N–C) groups is 1. The van der Waals surface area contributed by atoms with E-state index in [1.165, 1.54) is 16.8 Å². The first kappa shape index (κ1) is 20.9. The molecule has 0 saturated carbocycles. The summed E-state index contributed by atoms with van der Waals surface area (Å²) in [5.74, 6) is 0.914. The summed E-state index contributed by atoms with van der Waals surface area (Å²) in [6.07, 6.45) is 4.13. The van der Waals surface area contributed by atoms with Crippen LogP contribution in [0, 0.1) is 6.92 Å². The van der Waals surface area contributed by atoms with Gasteiger partial charge in [-0.05, 0) is 52.9 Å². The van der Waals surface area contributed by atoms with Crippen molar-refractivity contribution >= 4 is 21.9 Å². The zero-order chi connectivity index (χ0) is 20.1. The van der Waals surface area contributed by atoms with E-state index in [0.29, 0.717) is 0 Å². The van der Waals surface area contributed by atoms with Crippen molar-refractivity contribution in [3.63, 3.8) is 0 Å². The fraction of sp³-hybridized carbons (Fsp3) is 0.500. The normalized spacial score (nSPS) is 16.8. The van der Waals surface area contributed by atoms with E-state index in [2.05, 4.69) is 93.3 Å². The predicted molar refractivity (Wildman–Crippen MR) is 119 cm³/mol. The number of nitrogens with zero attached hydrogens (tertiary/aromatic N) is 3. The molecule has 1 aliphatic rings. The van der Waals surface area contributed by atoms with Crippen molar-refractivity contribution in [1.29, 1.82) is 0 Å². The molecule has 0 bridgehead atoms. The van der Waals surface area contributed by atoms with Crippen molar-refractivity contribution in [2.75, 3.05) is 33.9 Å². The molecule has 2 heterocycles. The first-order chi connectivity index (χ1) is 13.4. The molecule has 152 valence electrons. The Morgan fingerprint density at radius 1 is 1.32 bits per heavy atom. The Morgan fingerprint density at radius 2 is 2.04 bits per heavy atom. The number of halogens is 1. The smallest absolute Gasteiger partial charge is 0.193 e. The highest BCUT2D eigenvalue weighted by atomic mass is 79.9. The summed E-state index contributed by atoms with van der Waals surface area (Å²) in [7, 11) is 6.00. The van der Waals surface area contributed by atoms with Crippen LogP contribution >= 0.6 is 15.9 Å². The van der Waals surface area contributed by atoms with Gasteiger partial charge in [-0.3, -0.25) is 4.99 Å². The first-order valence-corrected chi connectivity index (χ1v) is 10.6. The summed E-state index contributed by atoms with van der Waals surface area (Å²) in [4.78, 5) is 6.70. The number of aromatic nitrogens is 1. The van der Waals surface area contributed by atoms with Crippen LogP contribution in [0.5, 0.6) is 0 Å².